The van der Waals surface area contributed by atoms with Crippen LogP contribution >= 0.6 is 11.6 Å². The second-order valence-electron chi connectivity index (χ2n) is 5.91. The minimum atomic E-state index is -0.308. The van der Waals surface area contributed by atoms with Crippen LogP contribution < -0.4 is 4.90 Å². The van der Waals surface area contributed by atoms with Crippen molar-refractivity contribution >= 4 is 23.0 Å². The second-order valence-corrected chi connectivity index (χ2v) is 6.17. The number of benzene rings is 1. The van der Waals surface area contributed by atoms with Crippen LogP contribution in [0.1, 0.15) is 18.4 Å². The first-order valence-electron chi connectivity index (χ1n) is 7.24. The second kappa shape index (κ2) is 7.09. The Morgan fingerprint density at radius 2 is 2.05 bits per heavy atom. The van der Waals surface area contributed by atoms with E-state index in [1.165, 1.54) is 0 Å². The van der Waals surface area contributed by atoms with Crippen molar-refractivity contribution in [1.82, 2.24) is 4.90 Å². The summed E-state index contributed by atoms with van der Waals surface area (Å²) >= 11 is 5.77. The number of nitro groups is 1. The summed E-state index contributed by atoms with van der Waals surface area (Å²) in [6.45, 7) is 2.83. The van der Waals surface area contributed by atoms with Crippen molar-refractivity contribution in [3.8, 4) is 0 Å². The standard InChI is InChI=1S/C15H22ClN3O2/c1-17(2)11-12-5-7-18(8-6-12)14-4-3-13(10-16)9-15(14)19(20)21/h3-4,9,12H,5-8,10-11H2,1-2H3. The minimum Gasteiger partial charge on any atom is -0.366 e. The van der Waals surface area contributed by atoms with Crippen molar-refractivity contribution < 1.29 is 4.92 Å². The van der Waals surface area contributed by atoms with Gasteiger partial charge >= 0.3 is 0 Å². The number of anilines is 1. The number of alkyl halides is 1. The van der Waals surface area contributed by atoms with E-state index in [1.54, 1.807) is 6.07 Å². The largest absolute Gasteiger partial charge is 0.366 e. The molecule has 1 fully saturated rings. The molecule has 0 unspecified atom stereocenters. The highest BCUT2D eigenvalue weighted by Gasteiger charge is 2.25. The predicted octanol–water partition coefficient (Wildman–Crippen LogP) is 3.11. The van der Waals surface area contributed by atoms with Gasteiger partial charge in [-0.3, -0.25) is 10.1 Å². The number of piperidine rings is 1. The summed E-state index contributed by atoms with van der Waals surface area (Å²) in [6.07, 6.45) is 2.15. The van der Waals surface area contributed by atoms with Gasteiger partial charge in [-0.1, -0.05) is 6.07 Å². The molecule has 0 N–H and O–H groups in total. The molecule has 1 heterocycles. The SMILES string of the molecule is CN(C)CC1CCN(c2ccc(CCl)cc2[N+](=O)[O-])CC1. The molecular weight excluding hydrogens is 290 g/mol. The van der Waals surface area contributed by atoms with Crippen molar-refractivity contribution in [3.05, 3.63) is 33.9 Å². The van der Waals surface area contributed by atoms with Crippen molar-refractivity contribution in [2.75, 3.05) is 38.6 Å². The van der Waals surface area contributed by atoms with E-state index in [-0.39, 0.29) is 10.6 Å². The third-order valence-corrected chi connectivity index (χ3v) is 4.28. The number of nitrogens with zero attached hydrogens (tertiary/aromatic N) is 3. The average molecular weight is 312 g/mol. The van der Waals surface area contributed by atoms with Gasteiger partial charge < -0.3 is 9.80 Å². The molecule has 0 spiro atoms. The summed E-state index contributed by atoms with van der Waals surface area (Å²) in [5, 5.41) is 11.3. The van der Waals surface area contributed by atoms with Crippen LogP contribution in [-0.4, -0.2) is 43.6 Å². The molecule has 0 aliphatic carbocycles. The molecule has 6 heteroatoms. The first kappa shape index (κ1) is 16.0. The molecule has 1 saturated heterocycles. The fourth-order valence-corrected chi connectivity index (χ4v) is 3.10. The quantitative estimate of drug-likeness (QED) is 0.476. The van der Waals surface area contributed by atoms with Gasteiger partial charge in [0, 0.05) is 31.6 Å². The summed E-state index contributed by atoms with van der Waals surface area (Å²) in [7, 11) is 4.17. The first-order chi connectivity index (χ1) is 10.0. The molecule has 0 bridgehead atoms. The Morgan fingerprint density at radius 1 is 1.38 bits per heavy atom. The molecule has 0 amide bonds. The van der Waals surface area contributed by atoms with Gasteiger partial charge in [0.15, 0.2) is 0 Å². The van der Waals surface area contributed by atoms with Gasteiger partial charge in [0.05, 0.1) is 4.92 Å². The molecule has 0 aromatic heterocycles. The Kier molecular flexibility index (Phi) is 5.42. The molecule has 5 nitrogen and oxygen atoms in total. The zero-order valence-electron chi connectivity index (χ0n) is 12.6. The topological polar surface area (TPSA) is 49.6 Å². The summed E-state index contributed by atoms with van der Waals surface area (Å²) < 4.78 is 0. The zero-order chi connectivity index (χ0) is 15.4. The molecule has 116 valence electrons. The van der Waals surface area contributed by atoms with E-state index in [0.29, 0.717) is 11.8 Å². The Bertz CT molecular complexity index is 500. The predicted molar refractivity (Wildman–Crippen MR) is 86.1 cm³/mol. The van der Waals surface area contributed by atoms with E-state index in [1.807, 2.05) is 12.1 Å². The molecule has 21 heavy (non-hydrogen) atoms. The van der Waals surface area contributed by atoms with E-state index in [4.69, 9.17) is 11.6 Å². The van der Waals surface area contributed by atoms with E-state index in [9.17, 15) is 10.1 Å². The maximum Gasteiger partial charge on any atom is 0.292 e. The third-order valence-electron chi connectivity index (χ3n) is 3.97. The summed E-state index contributed by atoms with van der Waals surface area (Å²) in [6, 6.07) is 5.30. The Labute approximate surface area is 130 Å². The number of rotatable bonds is 5. The van der Waals surface area contributed by atoms with Crippen molar-refractivity contribution in [1.29, 1.82) is 0 Å². The van der Waals surface area contributed by atoms with Crippen molar-refractivity contribution in [3.63, 3.8) is 0 Å². The van der Waals surface area contributed by atoms with Crippen LogP contribution in [0.25, 0.3) is 0 Å². The number of nitro benzene ring substituents is 1. The normalized spacial score (nSPS) is 16.5. The number of halogens is 1. The van der Waals surface area contributed by atoms with Gasteiger partial charge in [-0.15, -0.1) is 11.6 Å². The lowest BCUT2D eigenvalue weighted by Crippen LogP contribution is -2.37. The minimum absolute atomic E-state index is 0.166. The van der Waals surface area contributed by atoms with Crippen molar-refractivity contribution in [2.45, 2.75) is 18.7 Å². The Hall–Kier alpha value is -1.33. The summed E-state index contributed by atoms with van der Waals surface area (Å²) in [5.74, 6) is 0.976. The van der Waals surface area contributed by atoms with Crippen LogP contribution in [0.5, 0.6) is 0 Å². The Balaban J connectivity index is 2.11. The molecule has 2 rings (SSSR count). The fraction of sp³-hybridized carbons (Fsp3) is 0.600. The van der Waals surface area contributed by atoms with Gasteiger partial charge in [-0.05, 0) is 44.5 Å². The molecule has 1 aliphatic rings. The molecule has 1 aliphatic heterocycles. The van der Waals surface area contributed by atoms with Gasteiger partial charge in [-0.25, -0.2) is 0 Å². The Morgan fingerprint density at radius 3 is 2.57 bits per heavy atom. The van der Waals surface area contributed by atoms with E-state index in [0.717, 1.165) is 43.7 Å². The summed E-state index contributed by atoms with van der Waals surface area (Å²) in [4.78, 5) is 15.3. The highest BCUT2D eigenvalue weighted by molar-refractivity contribution is 6.17. The number of hydrogen-bond acceptors (Lipinski definition) is 4. The van der Waals surface area contributed by atoms with Crippen LogP contribution in [0.15, 0.2) is 18.2 Å². The summed E-state index contributed by atoms with van der Waals surface area (Å²) in [5.41, 5.74) is 1.67. The van der Waals surface area contributed by atoms with Crippen LogP contribution in [0, 0.1) is 16.0 Å². The van der Waals surface area contributed by atoms with Crippen LogP contribution in [0.3, 0.4) is 0 Å². The van der Waals surface area contributed by atoms with E-state index >= 15 is 0 Å². The molecular formula is C15H22ClN3O2. The van der Waals surface area contributed by atoms with Gasteiger partial charge in [-0.2, -0.15) is 0 Å². The molecule has 0 atom stereocenters. The van der Waals surface area contributed by atoms with Crippen LogP contribution in [0.4, 0.5) is 11.4 Å². The van der Waals surface area contributed by atoms with Crippen LogP contribution in [-0.2, 0) is 5.88 Å². The number of hydrogen-bond donors (Lipinski definition) is 0. The third kappa shape index (κ3) is 4.08. The lowest BCUT2D eigenvalue weighted by atomic mass is 9.96. The lowest BCUT2D eigenvalue weighted by molar-refractivity contribution is -0.384. The molecule has 0 radical (unpaired) electrons. The monoisotopic (exact) mass is 311 g/mol. The maximum absolute atomic E-state index is 11.3. The molecule has 1 aromatic rings. The zero-order valence-corrected chi connectivity index (χ0v) is 13.3. The highest BCUT2D eigenvalue weighted by atomic mass is 35.5. The lowest BCUT2D eigenvalue weighted by Gasteiger charge is -2.34. The maximum atomic E-state index is 11.3. The average Bonchev–Trinajstić information content (AvgIpc) is 2.47. The van der Waals surface area contributed by atoms with E-state index in [2.05, 4.69) is 23.9 Å². The van der Waals surface area contributed by atoms with Gasteiger partial charge in [0.2, 0.25) is 0 Å². The first-order valence-corrected chi connectivity index (χ1v) is 7.77. The molecule has 0 saturated carbocycles. The molecule has 1 aromatic carbocycles. The van der Waals surface area contributed by atoms with E-state index < -0.39 is 0 Å². The van der Waals surface area contributed by atoms with Crippen molar-refractivity contribution in [2.24, 2.45) is 5.92 Å². The van der Waals surface area contributed by atoms with Gasteiger partial charge in [0.25, 0.3) is 5.69 Å². The van der Waals surface area contributed by atoms with Gasteiger partial charge in [0.1, 0.15) is 5.69 Å². The fourth-order valence-electron chi connectivity index (χ4n) is 2.94. The smallest absolute Gasteiger partial charge is 0.292 e. The highest BCUT2D eigenvalue weighted by Crippen LogP contribution is 2.32. The van der Waals surface area contributed by atoms with Crippen LogP contribution in [0.2, 0.25) is 0 Å².